The third-order valence-corrected chi connectivity index (χ3v) is 4.44. The number of nitrogens with zero attached hydrogens (tertiary/aromatic N) is 4. The van der Waals surface area contributed by atoms with Crippen LogP contribution in [-0.4, -0.2) is 34.1 Å². The number of amides is 2. The van der Waals surface area contributed by atoms with Crippen LogP contribution in [0.15, 0.2) is 48.9 Å². The highest BCUT2D eigenvalue weighted by Gasteiger charge is 2.24. The number of rotatable bonds is 2. The van der Waals surface area contributed by atoms with Crippen molar-refractivity contribution in [2.24, 2.45) is 0 Å². The minimum Gasteiger partial charge on any atom is -0.490 e. The molecule has 7 heteroatoms. The minimum atomic E-state index is -0.255. The molecule has 0 radical (unpaired) electrons. The van der Waals surface area contributed by atoms with Crippen molar-refractivity contribution in [2.75, 3.05) is 23.4 Å². The van der Waals surface area contributed by atoms with Gasteiger partial charge < -0.3 is 10.1 Å². The molecule has 3 aromatic heterocycles. The number of nitrogens with one attached hydrogen (secondary N) is 1. The van der Waals surface area contributed by atoms with Gasteiger partial charge in [0.05, 0.1) is 24.2 Å². The summed E-state index contributed by atoms with van der Waals surface area (Å²) in [7, 11) is 0. The Kier molecular flexibility index (Phi) is 4.89. The molecule has 1 aliphatic heterocycles. The standard InChI is InChI=1S/C21H21N5O2/c1-14-10-17(13-22-12-14)24-21(27)26-8-3-9-28-19-5-4-18(25-20(19)26)16-6-7-23-15(2)11-16/h4-7,10-13H,3,8-9H2,1-2H3,(H,24,27). The lowest BCUT2D eigenvalue weighted by Gasteiger charge is -2.21. The number of carbonyl (C=O) groups excluding carboxylic acids is 1. The predicted octanol–water partition coefficient (Wildman–Crippen LogP) is 3.98. The molecular formula is C21H21N5O2. The molecular weight excluding hydrogens is 354 g/mol. The molecule has 0 bridgehead atoms. The number of fused-ring (bicyclic) bond motifs is 1. The van der Waals surface area contributed by atoms with E-state index in [-0.39, 0.29) is 6.03 Å². The molecule has 4 rings (SSSR count). The highest BCUT2D eigenvalue weighted by molar-refractivity contribution is 6.02. The van der Waals surface area contributed by atoms with Crippen molar-refractivity contribution in [1.29, 1.82) is 0 Å². The maximum absolute atomic E-state index is 13.0. The van der Waals surface area contributed by atoms with Gasteiger partial charge in [0.15, 0.2) is 11.6 Å². The van der Waals surface area contributed by atoms with Crippen LogP contribution in [0.2, 0.25) is 0 Å². The molecule has 3 aromatic rings. The molecule has 1 aliphatic rings. The fraction of sp³-hybridized carbons (Fsp3) is 0.238. The number of aromatic nitrogens is 3. The van der Waals surface area contributed by atoms with Crippen LogP contribution in [-0.2, 0) is 0 Å². The van der Waals surface area contributed by atoms with E-state index in [4.69, 9.17) is 9.72 Å². The summed E-state index contributed by atoms with van der Waals surface area (Å²) in [6.45, 7) is 4.93. The molecule has 0 atom stereocenters. The first-order valence-corrected chi connectivity index (χ1v) is 9.17. The molecule has 142 valence electrons. The molecule has 0 saturated heterocycles. The predicted molar refractivity (Wildman–Crippen MR) is 108 cm³/mol. The van der Waals surface area contributed by atoms with Gasteiger partial charge in [-0.15, -0.1) is 0 Å². The topological polar surface area (TPSA) is 80.2 Å². The second-order valence-electron chi connectivity index (χ2n) is 6.74. The van der Waals surface area contributed by atoms with Crippen LogP contribution >= 0.6 is 0 Å². The lowest BCUT2D eigenvalue weighted by molar-refractivity contribution is 0.256. The lowest BCUT2D eigenvalue weighted by atomic mass is 10.1. The molecule has 0 saturated carbocycles. The fourth-order valence-corrected chi connectivity index (χ4v) is 3.13. The molecule has 0 spiro atoms. The van der Waals surface area contributed by atoms with Crippen molar-refractivity contribution in [3.8, 4) is 17.0 Å². The van der Waals surface area contributed by atoms with E-state index < -0.39 is 0 Å². The highest BCUT2D eigenvalue weighted by atomic mass is 16.5. The van der Waals surface area contributed by atoms with E-state index in [0.717, 1.165) is 28.9 Å². The van der Waals surface area contributed by atoms with Crippen LogP contribution in [0.5, 0.6) is 5.75 Å². The summed E-state index contributed by atoms with van der Waals surface area (Å²) in [5.41, 5.74) is 4.25. The van der Waals surface area contributed by atoms with Crippen molar-refractivity contribution in [1.82, 2.24) is 15.0 Å². The SMILES string of the molecule is Cc1cncc(NC(=O)N2CCCOc3ccc(-c4ccnc(C)c4)nc32)c1. The first-order valence-electron chi connectivity index (χ1n) is 9.17. The Morgan fingerprint density at radius 1 is 1.18 bits per heavy atom. The second-order valence-corrected chi connectivity index (χ2v) is 6.74. The number of urea groups is 1. The molecule has 0 aromatic carbocycles. The molecule has 1 N–H and O–H groups in total. The highest BCUT2D eigenvalue weighted by Crippen LogP contribution is 2.32. The first-order chi connectivity index (χ1) is 13.6. The fourth-order valence-electron chi connectivity index (χ4n) is 3.13. The van der Waals surface area contributed by atoms with E-state index >= 15 is 0 Å². The number of pyridine rings is 3. The zero-order chi connectivity index (χ0) is 19.5. The first kappa shape index (κ1) is 17.9. The zero-order valence-corrected chi connectivity index (χ0v) is 15.8. The van der Waals surface area contributed by atoms with Crippen molar-refractivity contribution < 1.29 is 9.53 Å². The minimum absolute atomic E-state index is 0.255. The summed E-state index contributed by atoms with van der Waals surface area (Å²) in [6.07, 6.45) is 5.85. The van der Waals surface area contributed by atoms with Gasteiger partial charge in [-0.2, -0.15) is 0 Å². The van der Waals surface area contributed by atoms with Gasteiger partial charge in [-0.05, 0) is 56.2 Å². The number of ether oxygens (including phenoxy) is 1. The Bertz CT molecular complexity index is 1020. The Morgan fingerprint density at radius 3 is 2.89 bits per heavy atom. The van der Waals surface area contributed by atoms with Gasteiger partial charge in [-0.3, -0.25) is 14.9 Å². The van der Waals surface area contributed by atoms with Gasteiger partial charge in [-0.25, -0.2) is 9.78 Å². The van der Waals surface area contributed by atoms with E-state index in [1.165, 1.54) is 0 Å². The maximum Gasteiger partial charge on any atom is 0.327 e. The Morgan fingerprint density at radius 2 is 2.07 bits per heavy atom. The molecule has 0 aliphatic carbocycles. The van der Waals surface area contributed by atoms with Crippen LogP contribution in [0.4, 0.5) is 16.3 Å². The summed E-state index contributed by atoms with van der Waals surface area (Å²) >= 11 is 0. The molecule has 4 heterocycles. The van der Waals surface area contributed by atoms with Gasteiger partial charge in [-0.1, -0.05) is 0 Å². The van der Waals surface area contributed by atoms with Crippen molar-refractivity contribution in [3.05, 3.63) is 60.2 Å². The van der Waals surface area contributed by atoms with Gasteiger partial charge in [0.1, 0.15) is 0 Å². The van der Waals surface area contributed by atoms with E-state index in [2.05, 4.69) is 15.3 Å². The van der Waals surface area contributed by atoms with E-state index in [0.29, 0.717) is 30.4 Å². The molecule has 28 heavy (non-hydrogen) atoms. The monoisotopic (exact) mass is 375 g/mol. The van der Waals surface area contributed by atoms with Crippen molar-refractivity contribution in [2.45, 2.75) is 20.3 Å². The number of hydrogen-bond acceptors (Lipinski definition) is 5. The molecule has 2 amide bonds. The Hall–Kier alpha value is -3.48. The number of anilines is 2. The van der Waals surface area contributed by atoms with E-state index in [1.54, 1.807) is 23.5 Å². The zero-order valence-electron chi connectivity index (χ0n) is 15.8. The van der Waals surface area contributed by atoms with E-state index in [1.807, 2.05) is 44.2 Å². The lowest BCUT2D eigenvalue weighted by Crippen LogP contribution is -2.36. The summed E-state index contributed by atoms with van der Waals surface area (Å²) in [4.78, 5) is 27.7. The van der Waals surface area contributed by atoms with Gasteiger partial charge in [0.2, 0.25) is 0 Å². The smallest absolute Gasteiger partial charge is 0.327 e. The van der Waals surface area contributed by atoms with Crippen LogP contribution in [0, 0.1) is 13.8 Å². The van der Waals surface area contributed by atoms with Crippen molar-refractivity contribution in [3.63, 3.8) is 0 Å². The summed E-state index contributed by atoms with van der Waals surface area (Å²) in [5.74, 6) is 1.12. The summed E-state index contributed by atoms with van der Waals surface area (Å²) in [6, 6.07) is 9.27. The number of carbonyl (C=O) groups is 1. The summed E-state index contributed by atoms with van der Waals surface area (Å²) < 4.78 is 5.80. The summed E-state index contributed by atoms with van der Waals surface area (Å²) in [5, 5.41) is 2.91. The molecule has 7 nitrogen and oxygen atoms in total. The molecule has 0 unspecified atom stereocenters. The van der Waals surface area contributed by atoms with Crippen LogP contribution in [0.25, 0.3) is 11.3 Å². The Labute approximate surface area is 163 Å². The average molecular weight is 375 g/mol. The van der Waals surface area contributed by atoms with Crippen LogP contribution in [0.3, 0.4) is 0 Å². The normalized spacial score (nSPS) is 13.3. The quantitative estimate of drug-likeness (QED) is 0.733. The van der Waals surface area contributed by atoms with Gasteiger partial charge >= 0.3 is 6.03 Å². The van der Waals surface area contributed by atoms with Gasteiger partial charge in [0, 0.05) is 30.2 Å². The van der Waals surface area contributed by atoms with Crippen molar-refractivity contribution >= 4 is 17.5 Å². The maximum atomic E-state index is 13.0. The van der Waals surface area contributed by atoms with Crippen LogP contribution in [0.1, 0.15) is 17.7 Å². The third kappa shape index (κ3) is 3.78. The number of aryl methyl sites for hydroxylation is 2. The van der Waals surface area contributed by atoms with E-state index in [9.17, 15) is 4.79 Å². The average Bonchev–Trinajstić information content (AvgIpc) is 2.90. The second kappa shape index (κ2) is 7.64. The third-order valence-electron chi connectivity index (χ3n) is 4.44. The number of hydrogen-bond donors (Lipinski definition) is 1. The molecule has 0 fully saturated rings. The Balaban J connectivity index is 1.68. The van der Waals surface area contributed by atoms with Gasteiger partial charge in [0.25, 0.3) is 0 Å². The largest absolute Gasteiger partial charge is 0.490 e. The van der Waals surface area contributed by atoms with Crippen LogP contribution < -0.4 is 15.0 Å².